The summed E-state index contributed by atoms with van der Waals surface area (Å²) in [6, 6.07) is 3.62. The standard InChI is InChI=1S/C27H35ClN4O6S/c1-26(2,3)38-25(33)29-17-13-20-18(21(28)14-17)7-5-8-27(20)15-22-19(16-37-27)23(31-24(30-22)39(4,34)35)32-9-6-11-36-12-10-32/h13-14H,5-12,15-16H2,1-4H3,(H,29,33). The van der Waals surface area contributed by atoms with E-state index in [4.69, 9.17) is 25.8 Å². The monoisotopic (exact) mass is 578 g/mol. The van der Waals surface area contributed by atoms with Gasteiger partial charge in [-0.25, -0.2) is 23.2 Å². The van der Waals surface area contributed by atoms with Gasteiger partial charge in [-0.1, -0.05) is 11.6 Å². The van der Waals surface area contributed by atoms with Crippen molar-refractivity contribution in [1.29, 1.82) is 0 Å². The summed E-state index contributed by atoms with van der Waals surface area (Å²) < 4.78 is 42.9. The summed E-state index contributed by atoms with van der Waals surface area (Å²) in [5.74, 6) is 0.593. The third-order valence-corrected chi connectivity index (χ3v) is 8.37. The van der Waals surface area contributed by atoms with E-state index >= 15 is 0 Å². The number of carbonyl (C=O) groups is 1. The van der Waals surface area contributed by atoms with Gasteiger partial charge in [0.15, 0.2) is 0 Å². The third-order valence-electron chi connectivity index (χ3n) is 7.19. The van der Waals surface area contributed by atoms with Crippen molar-refractivity contribution in [1.82, 2.24) is 9.97 Å². The average molecular weight is 579 g/mol. The van der Waals surface area contributed by atoms with Crippen LogP contribution < -0.4 is 10.2 Å². The molecule has 39 heavy (non-hydrogen) atoms. The van der Waals surface area contributed by atoms with Crippen LogP contribution in [0.3, 0.4) is 0 Å². The molecule has 10 nitrogen and oxygen atoms in total. The zero-order valence-corrected chi connectivity index (χ0v) is 24.4. The number of fused-ring (bicyclic) bond motifs is 3. The van der Waals surface area contributed by atoms with Gasteiger partial charge in [0.2, 0.25) is 15.0 Å². The van der Waals surface area contributed by atoms with Crippen molar-refractivity contribution in [2.45, 2.75) is 75.8 Å². The van der Waals surface area contributed by atoms with Crippen molar-refractivity contribution in [3.05, 3.63) is 39.5 Å². The number of aromatic nitrogens is 2. The van der Waals surface area contributed by atoms with Gasteiger partial charge in [-0.2, -0.15) is 0 Å². The van der Waals surface area contributed by atoms with Gasteiger partial charge in [0.25, 0.3) is 0 Å². The Morgan fingerprint density at radius 3 is 2.69 bits per heavy atom. The lowest BCUT2D eigenvalue weighted by Gasteiger charge is -2.43. The van der Waals surface area contributed by atoms with Crippen LogP contribution in [0.15, 0.2) is 17.3 Å². The van der Waals surface area contributed by atoms with E-state index in [-0.39, 0.29) is 11.8 Å². The molecule has 2 aromatic rings. The summed E-state index contributed by atoms with van der Waals surface area (Å²) in [6.07, 6.45) is 4.06. The molecule has 2 aliphatic heterocycles. The fourth-order valence-electron chi connectivity index (χ4n) is 5.52. The first-order valence-electron chi connectivity index (χ1n) is 13.2. The second-order valence-electron chi connectivity index (χ2n) is 11.4. The predicted molar refractivity (Wildman–Crippen MR) is 147 cm³/mol. The first kappa shape index (κ1) is 28.1. The van der Waals surface area contributed by atoms with Crippen molar-refractivity contribution in [3.63, 3.8) is 0 Å². The first-order chi connectivity index (χ1) is 18.3. The topological polar surface area (TPSA) is 120 Å². The molecule has 1 amide bonds. The predicted octanol–water partition coefficient (Wildman–Crippen LogP) is 4.41. The molecular formula is C27H35ClN4O6S. The maximum Gasteiger partial charge on any atom is 0.412 e. The highest BCUT2D eigenvalue weighted by atomic mass is 35.5. The summed E-state index contributed by atoms with van der Waals surface area (Å²) in [7, 11) is -3.65. The summed E-state index contributed by atoms with van der Waals surface area (Å²) in [5.41, 5.74) is 2.40. The molecule has 0 saturated carbocycles. The second-order valence-corrected chi connectivity index (χ2v) is 13.7. The SMILES string of the molecule is CC(C)(C)OC(=O)Nc1cc(Cl)c2c(c1)C1(CCC2)Cc2nc(S(C)(=O)=O)nc(N3CCCOCC3)c2CO1. The van der Waals surface area contributed by atoms with Gasteiger partial charge >= 0.3 is 6.09 Å². The maximum absolute atomic E-state index is 12.6. The van der Waals surface area contributed by atoms with Crippen LogP contribution >= 0.6 is 11.6 Å². The van der Waals surface area contributed by atoms with Gasteiger partial charge in [0.05, 0.1) is 24.5 Å². The Kier molecular flexibility index (Phi) is 7.56. The zero-order chi connectivity index (χ0) is 28.0. The lowest BCUT2D eigenvalue weighted by molar-refractivity contribution is -0.0855. The lowest BCUT2D eigenvalue weighted by atomic mass is 9.74. The van der Waals surface area contributed by atoms with Crippen LogP contribution in [0.2, 0.25) is 5.02 Å². The van der Waals surface area contributed by atoms with Gasteiger partial charge in [0.1, 0.15) is 11.4 Å². The number of amides is 1. The average Bonchev–Trinajstić information content (AvgIpc) is 3.12. The quantitative estimate of drug-likeness (QED) is 0.528. The molecule has 0 bridgehead atoms. The Morgan fingerprint density at radius 2 is 1.95 bits per heavy atom. The highest BCUT2D eigenvalue weighted by molar-refractivity contribution is 7.90. The number of benzene rings is 1. The van der Waals surface area contributed by atoms with E-state index in [2.05, 4.69) is 20.2 Å². The number of halogens is 1. The number of hydrogen-bond acceptors (Lipinski definition) is 9. The van der Waals surface area contributed by atoms with Crippen LogP contribution in [0.4, 0.5) is 16.3 Å². The van der Waals surface area contributed by atoms with E-state index in [0.717, 1.165) is 42.2 Å². The minimum Gasteiger partial charge on any atom is -0.444 e. The molecule has 12 heteroatoms. The molecule has 1 aromatic carbocycles. The van der Waals surface area contributed by atoms with Gasteiger partial charge in [-0.3, -0.25) is 5.32 Å². The van der Waals surface area contributed by atoms with Crippen molar-refractivity contribution >= 4 is 39.0 Å². The van der Waals surface area contributed by atoms with Gasteiger partial charge in [-0.15, -0.1) is 0 Å². The molecule has 1 aromatic heterocycles. The Morgan fingerprint density at radius 1 is 1.15 bits per heavy atom. The number of rotatable bonds is 3. The molecule has 212 valence electrons. The van der Waals surface area contributed by atoms with E-state index in [1.807, 2.05) is 6.07 Å². The molecule has 1 saturated heterocycles. The van der Waals surface area contributed by atoms with E-state index < -0.39 is 27.1 Å². The maximum atomic E-state index is 12.6. The fraction of sp³-hybridized carbons (Fsp3) is 0.593. The largest absolute Gasteiger partial charge is 0.444 e. The zero-order valence-electron chi connectivity index (χ0n) is 22.8. The number of ether oxygens (including phenoxy) is 3. The van der Waals surface area contributed by atoms with Crippen molar-refractivity contribution in [3.8, 4) is 0 Å². The molecule has 5 rings (SSSR count). The molecule has 3 aliphatic rings. The van der Waals surface area contributed by atoms with Crippen molar-refractivity contribution in [2.24, 2.45) is 0 Å². The molecule has 0 radical (unpaired) electrons. The molecule has 1 aliphatic carbocycles. The molecule has 1 atom stereocenters. The Labute approximate surface area is 234 Å². The highest BCUT2D eigenvalue weighted by Crippen LogP contribution is 2.48. The van der Waals surface area contributed by atoms with Gasteiger partial charge in [-0.05, 0) is 69.7 Å². The van der Waals surface area contributed by atoms with E-state index in [0.29, 0.717) is 61.4 Å². The minimum absolute atomic E-state index is 0.187. The van der Waals surface area contributed by atoms with Gasteiger partial charge < -0.3 is 19.1 Å². The Bertz CT molecular complexity index is 1390. The smallest absolute Gasteiger partial charge is 0.412 e. The second kappa shape index (κ2) is 10.5. The van der Waals surface area contributed by atoms with E-state index in [1.54, 1.807) is 26.8 Å². The molecule has 1 spiro atoms. The first-order valence-corrected chi connectivity index (χ1v) is 15.5. The molecule has 3 heterocycles. The Balaban J connectivity index is 1.55. The number of anilines is 2. The van der Waals surface area contributed by atoms with Crippen molar-refractivity contribution in [2.75, 3.05) is 42.8 Å². The number of sulfone groups is 1. The van der Waals surface area contributed by atoms with Gasteiger partial charge in [0, 0.05) is 48.6 Å². The molecule has 1 N–H and O–H groups in total. The lowest BCUT2D eigenvalue weighted by Crippen LogP contribution is -2.41. The van der Waals surface area contributed by atoms with Crippen LogP contribution in [0.1, 0.15) is 62.4 Å². The molecule has 1 unspecified atom stereocenters. The van der Waals surface area contributed by atoms with Crippen LogP contribution in [-0.4, -0.2) is 62.6 Å². The number of nitrogens with zero attached hydrogens (tertiary/aromatic N) is 3. The Hall–Kier alpha value is -2.47. The van der Waals surface area contributed by atoms with E-state index in [9.17, 15) is 13.2 Å². The van der Waals surface area contributed by atoms with Crippen LogP contribution in [0, 0.1) is 0 Å². The fourth-order valence-corrected chi connectivity index (χ4v) is 6.36. The van der Waals surface area contributed by atoms with Crippen LogP contribution in [0.25, 0.3) is 0 Å². The van der Waals surface area contributed by atoms with Crippen molar-refractivity contribution < 1.29 is 27.4 Å². The molecule has 1 fully saturated rings. The summed E-state index contributed by atoms with van der Waals surface area (Å²) in [6.45, 7) is 8.13. The minimum atomic E-state index is -3.65. The number of nitrogens with one attached hydrogen (secondary N) is 1. The summed E-state index contributed by atoms with van der Waals surface area (Å²) in [5, 5.41) is 3.14. The third kappa shape index (κ3) is 6.01. The van der Waals surface area contributed by atoms with Crippen LogP contribution in [0.5, 0.6) is 0 Å². The summed E-state index contributed by atoms with van der Waals surface area (Å²) in [4.78, 5) is 23.6. The number of carbonyl (C=O) groups excluding carboxylic acids is 1. The molecular weight excluding hydrogens is 544 g/mol. The summed E-state index contributed by atoms with van der Waals surface area (Å²) >= 11 is 6.72. The normalized spacial score (nSPS) is 21.6. The number of hydrogen-bond donors (Lipinski definition) is 1. The van der Waals surface area contributed by atoms with E-state index in [1.165, 1.54) is 0 Å². The van der Waals surface area contributed by atoms with Crippen LogP contribution in [-0.2, 0) is 49.1 Å². The highest BCUT2D eigenvalue weighted by Gasteiger charge is 2.44.